The molecule has 0 spiro atoms. The van der Waals surface area contributed by atoms with Gasteiger partial charge in [-0.1, -0.05) is 42.5 Å². The van der Waals surface area contributed by atoms with Crippen LogP contribution in [0.4, 0.5) is 0 Å². The lowest BCUT2D eigenvalue weighted by molar-refractivity contribution is 0.0596. The summed E-state index contributed by atoms with van der Waals surface area (Å²) >= 11 is 3.65. The average molecular weight is 644 g/mol. The first-order valence-electron chi connectivity index (χ1n) is 16.2. The summed E-state index contributed by atoms with van der Waals surface area (Å²) in [5.41, 5.74) is 5.48. The van der Waals surface area contributed by atoms with E-state index in [4.69, 9.17) is 4.98 Å². The van der Waals surface area contributed by atoms with Gasteiger partial charge in [-0.15, -0.1) is 0 Å². The number of piperidine rings is 2. The largest absolute Gasteiger partial charge is 0.337 e. The number of hydrogen-bond donors (Lipinski definition) is 0. The van der Waals surface area contributed by atoms with Crippen LogP contribution in [0.1, 0.15) is 85.5 Å². The molecule has 0 aliphatic carbocycles. The maximum absolute atomic E-state index is 13.7. The fourth-order valence-electron chi connectivity index (χ4n) is 8.55. The summed E-state index contributed by atoms with van der Waals surface area (Å²) < 4.78 is 5.20. The molecule has 7 nitrogen and oxygen atoms in total. The predicted molar refractivity (Wildman–Crippen MR) is 174 cm³/mol. The number of amides is 1. The topological polar surface area (TPSA) is 59.2 Å². The third-order valence-electron chi connectivity index (χ3n) is 10.8. The highest BCUT2D eigenvalue weighted by Gasteiger charge is 2.44. The molecule has 43 heavy (non-hydrogen) atoms. The summed E-state index contributed by atoms with van der Waals surface area (Å²) in [6, 6.07) is 21.5. The van der Waals surface area contributed by atoms with Crippen molar-refractivity contribution < 1.29 is 4.79 Å². The van der Waals surface area contributed by atoms with Gasteiger partial charge in [-0.3, -0.25) is 14.4 Å². The molecule has 3 fully saturated rings. The highest BCUT2D eigenvalue weighted by molar-refractivity contribution is 9.10. The van der Waals surface area contributed by atoms with Crippen molar-refractivity contribution in [2.24, 2.45) is 0 Å². The number of carbonyl (C=O) groups excluding carboxylic acids is 1. The molecule has 1 amide bonds. The maximum atomic E-state index is 13.7. The van der Waals surface area contributed by atoms with Gasteiger partial charge >= 0.3 is 0 Å². The standard InChI is InChI=1S/C35H43BrN6O/c1-4-41-33(32(36)24(2)38-41)34(43)39-19-16-35(17-20-39,26-10-6-5-7-11-26)18-21-40-27-14-15-28(40)23-29(22-27)42-25(3)37-30-12-8-9-13-31(30)42/h5-13,27-29H,4,14-23H2,1-3H3/t27-,28+,29?. The molecular weight excluding hydrogens is 600 g/mol. The molecule has 1 unspecified atom stereocenters. The number of aromatic nitrogens is 4. The second kappa shape index (κ2) is 11.5. The molecule has 2 bridgehead atoms. The van der Waals surface area contributed by atoms with Gasteiger partial charge in [0.05, 0.1) is 21.2 Å². The Morgan fingerprint density at radius 1 is 0.953 bits per heavy atom. The van der Waals surface area contributed by atoms with Crippen molar-refractivity contribution in [2.75, 3.05) is 19.6 Å². The summed E-state index contributed by atoms with van der Waals surface area (Å²) in [5, 5.41) is 4.57. The van der Waals surface area contributed by atoms with E-state index in [1.807, 2.05) is 18.5 Å². The fraction of sp³-hybridized carbons (Fsp3) is 0.514. The van der Waals surface area contributed by atoms with Crippen LogP contribution in [0, 0.1) is 13.8 Å². The van der Waals surface area contributed by atoms with Crippen LogP contribution in [-0.2, 0) is 12.0 Å². The zero-order chi connectivity index (χ0) is 29.7. The molecule has 0 radical (unpaired) electrons. The quantitative estimate of drug-likeness (QED) is 0.216. The first-order valence-corrected chi connectivity index (χ1v) is 16.9. The van der Waals surface area contributed by atoms with Crippen molar-refractivity contribution in [3.63, 3.8) is 0 Å². The van der Waals surface area contributed by atoms with E-state index < -0.39 is 0 Å². The molecule has 3 atom stereocenters. The third kappa shape index (κ3) is 5.04. The van der Waals surface area contributed by atoms with E-state index in [2.05, 4.69) is 96.9 Å². The minimum absolute atomic E-state index is 0.0869. The van der Waals surface area contributed by atoms with Crippen LogP contribution in [0.5, 0.6) is 0 Å². The molecule has 2 aromatic carbocycles. The molecule has 3 saturated heterocycles. The number of imidazole rings is 1. The number of rotatable bonds is 7. The number of para-hydroxylation sites is 2. The van der Waals surface area contributed by atoms with Gasteiger partial charge in [-0.25, -0.2) is 4.98 Å². The summed E-state index contributed by atoms with van der Waals surface area (Å²) in [4.78, 5) is 23.5. The molecule has 226 valence electrons. The Kier molecular flexibility index (Phi) is 7.70. The summed E-state index contributed by atoms with van der Waals surface area (Å²) in [7, 11) is 0. The third-order valence-corrected chi connectivity index (χ3v) is 11.7. The number of aryl methyl sites for hydroxylation is 3. The van der Waals surface area contributed by atoms with Gasteiger partial charge < -0.3 is 9.47 Å². The van der Waals surface area contributed by atoms with Gasteiger partial charge in [0, 0.05) is 37.8 Å². The lowest BCUT2D eigenvalue weighted by Gasteiger charge is -2.45. The molecule has 3 aliphatic heterocycles. The first-order chi connectivity index (χ1) is 20.9. The van der Waals surface area contributed by atoms with Crippen molar-refractivity contribution >= 4 is 32.9 Å². The van der Waals surface area contributed by atoms with Crippen molar-refractivity contribution in [2.45, 2.75) is 95.8 Å². The lowest BCUT2D eigenvalue weighted by atomic mass is 9.70. The van der Waals surface area contributed by atoms with E-state index in [9.17, 15) is 4.79 Å². The van der Waals surface area contributed by atoms with Gasteiger partial charge in [-0.2, -0.15) is 5.10 Å². The zero-order valence-electron chi connectivity index (χ0n) is 25.7. The van der Waals surface area contributed by atoms with E-state index in [-0.39, 0.29) is 11.3 Å². The van der Waals surface area contributed by atoms with Gasteiger partial charge in [0.15, 0.2) is 0 Å². The minimum atomic E-state index is 0.0869. The molecule has 7 rings (SSSR count). The molecule has 8 heteroatoms. The Morgan fingerprint density at radius 2 is 1.63 bits per heavy atom. The lowest BCUT2D eigenvalue weighted by Crippen LogP contribution is -2.49. The second-order valence-corrected chi connectivity index (χ2v) is 13.8. The maximum Gasteiger partial charge on any atom is 0.273 e. The molecule has 4 aromatic rings. The Balaban J connectivity index is 1.07. The number of fused-ring (bicyclic) bond motifs is 3. The Labute approximate surface area is 263 Å². The van der Waals surface area contributed by atoms with E-state index in [1.54, 1.807) is 0 Å². The molecular formula is C35H43BrN6O. The molecule has 0 N–H and O–H groups in total. The van der Waals surface area contributed by atoms with Crippen molar-refractivity contribution in [1.29, 1.82) is 0 Å². The average Bonchev–Trinajstić information content (AvgIpc) is 3.61. The second-order valence-electron chi connectivity index (χ2n) is 13.0. The molecule has 2 aromatic heterocycles. The summed E-state index contributed by atoms with van der Waals surface area (Å²) in [5.74, 6) is 1.24. The van der Waals surface area contributed by atoms with Gasteiger partial charge in [0.2, 0.25) is 0 Å². The predicted octanol–water partition coefficient (Wildman–Crippen LogP) is 7.06. The fourth-order valence-corrected chi connectivity index (χ4v) is 9.00. The highest BCUT2D eigenvalue weighted by Crippen LogP contribution is 2.45. The van der Waals surface area contributed by atoms with Crippen LogP contribution >= 0.6 is 15.9 Å². The zero-order valence-corrected chi connectivity index (χ0v) is 27.3. The number of hydrogen-bond acceptors (Lipinski definition) is 4. The van der Waals surface area contributed by atoms with E-state index in [0.717, 1.165) is 60.4 Å². The van der Waals surface area contributed by atoms with Crippen LogP contribution in [0.15, 0.2) is 59.1 Å². The number of halogens is 1. The molecule has 0 saturated carbocycles. The molecule has 5 heterocycles. The summed E-state index contributed by atoms with van der Waals surface area (Å²) in [6.45, 7) is 9.53. The van der Waals surface area contributed by atoms with Crippen LogP contribution in [0.25, 0.3) is 11.0 Å². The smallest absolute Gasteiger partial charge is 0.273 e. The van der Waals surface area contributed by atoms with Gasteiger partial charge in [0.25, 0.3) is 5.91 Å². The van der Waals surface area contributed by atoms with Crippen LogP contribution in [-0.4, -0.2) is 66.8 Å². The van der Waals surface area contributed by atoms with Crippen molar-refractivity contribution in [3.05, 3.63) is 81.8 Å². The van der Waals surface area contributed by atoms with E-state index in [0.29, 0.717) is 30.4 Å². The number of carbonyl (C=O) groups is 1. The number of likely N-dealkylation sites (tertiary alicyclic amines) is 1. The SMILES string of the molecule is CCn1nc(C)c(Br)c1C(=O)N1CCC(CCN2[C@@H]3CC[C@H]2CC(n2c(C)nc4ccccc42)C3)(c2ccccc2)CC1. The van der Waals surface area contributed by atoms with Crippen molar-refractivity contribution in [1.82, 2.24) is 29.1 Å². The van der Waals surface area contributed by atoms with Gasteiger partial charge in [-0.05, 0) is 111 Å². The van der Waals surface area contributed by atoms with Crippen LogP contribution < -0.4 is 0 Å². The highest BCUT2D eigenvalue weighted by atomic mass is 79.9. The Hall–Kier alpha value is -2.97. The van der Waals surface area contributed by atoms with Gasteiger partial charge in [0.1, 0.15) is 11.5 Å². The van der Waals surface area contributed by atoms with E-state index in [1.165, 1.54) is 36.8 Å². The first kappa shape index (κ1) is 28.8. The Bertz CT molecular complexity index is 1600. The van der Waals surface area contributed by atoms with Crippen molar-refractivity contribution in [3.8, 4) is 0 Å². The van der Waals surface area contributed by atoms with Crippen LogP contribution in [0.3, 0.4) is 0 Å². The number of nitrogens with zero attached hydrogens (tertiary/aromatic N) is 6. The van der Waals surface area contributed by atoms with E-state index >= 15 is 0 Å². The summed E-state index contributed by atoms with van der Waals surface area (Å²) in [6.07, 6.45) is 8.13. The minimum Gasteiger partial charge on any atom is -0.337 e. The van der Waals surface area contributed by atoms with Crippen LogP contribution in [0.2, 0.25) is 0 Å². The molecule has 3 aliphatic rings. The number of benzene rings is 2. The Morgan fingerprint density at radius 3 is 2.33 bits per heavy atom. The normalized spacial score (nSPS) is 23.7. The monoisotopic (exact) mass is 642 g/mol.